The van der Waals surface area contributed by atoms with E-state index in [0.29, 0.717) is 37.7 Å². The third-order valence-corrected chi connectivity index (χ3v) is 5.62. The first-order valence-electron chi connectivity index (χ1n) is 9.73. The van der Waals surface area contributed by atoms with Crippen LogP contribution in [0.1, 0.15) is 39.1 Å². The van der Waals surface area contributed by atoms with Crippen molar-refractivity contribution in [3.05, 3.63) is 65.5 Å². The minimum absolute atomic E-state index is 0.0729. The third-order valence-electron chi connectivity index (χ3n) is 5.62. The number of benzene rings is 1. The standard InChI is InChI=1S/C22H25N3O3/c1-16-4-2-5-18(10-16)21(27)25-14-22(15-25)8-7-17(13-28-22)11-24-20(26)19-6-3-9-23-12-19/h2-6,9-10,12,17H,7-8,11,13-15H2,1H3,(H,24,26)/t17-/m0/s1. The molecule has 0 saturated carbocycles. The lowest BCUT2D eigenvalue weighted by molar-refractivity contribution is -0.166. The fraction of sp³-hybridized carbons (Fsp3) is 0.409. The van der Waals surface area contributed by atoms with Gasteiger partial charge in [0.05, 0.1) is 25.3 Å². The van der Waals surface area contributed by atoms with Gasteiger partial charge >= 0.3 is 0 Å². The van der Waals surface area contributed by atoms with Crippen molar-refractivity contribution in [2.24, 2.45) is 5.92 Å². The molecule has 2 amide bonds. The van der Waals surface area contributed by atoms with Crippen LogP contribution < -0.4 is 5.32 Å². The summed E-state index contributed by atoms with van der Waals surface area (Å²) in [5, 5.41) is 2.96. The van der Waals surface area contributed by atoms with Crippen LogP contribution in [0.2, 0.25) is 0 Å². The summed E-state index contributed by atoms with van der Waals surface area (Å²) < 4.78 is 6.13. The Balaban J connectivity index is 1.23. The molecule has 2 aliphatic rings. The lowest BCUT2D eigenvalue weighted by Gasteiger charge is -2.52. The number of nitrogens with one attached hydrogen (secondary N) is 1. The monoisotopic (exact) mass is 379 g/mol. The number of likely N-dealkylation sites (tertiary alicyclic amines) is 1. The zero-order valence-corrected chi connectivity index (χ0v) is 16.1. The molecule has 0 radical (unpaired) electrons. The molecule has 6 heteroatoms. The zero-order valence-electron chi connectivity index (χ0n) is 16.1. The van der Waals surface area contributed by atoms with E-state index in [1.165, 1.54) is 0 Å². The van der Waals surface area contributed by atoms with Gasteiger partial charge in [0.1, 0.15) is 5.60 Å². The summed E-state index contributed by atoms with van der Waals surface area (Å²) in [4.78, 5) is 30.6. The highest BCUT2D eigenvalue weighted by molar-refractivity contribution is 5.95. The van der Waals surface area contributed by atoms with Crippen molar-refractivity contribution in [1.82, 2.24) is 15.2 Å². The molecule has 0 bridgehead atoms. The SMILES string of the molecule is Cc1cccc(C(=O)N2CC3(CC[C@@H](CNC(=O)c4cccnc4)CO3)C2)c1. The highest BCUT2D eigenvalue weighted by Crippen LogP contribution is 2.36. The number of nitrogens with zero attached hydrogens (tertiary/aromatic N) is 2. The van der Waals surface area contributed by atoms with Crippen LogP contribution in [0, 0.1) is 12.8 Å². The second-order valence-corrected chi connectivity index (χ2v) is 7.88. The van der Waals surface area contributed by atoms with Crippen molar-refractivity contribution in [3.8, 4) is 0 Å². The number of rotatable bonds is 4. The number of carbonyl (C=O) groups is 2. The zero-order chi connectivity index (χ0) is 19.6. The van der Waals surface area contributed by atoms with Gasteiger partial charge in [-0.05, 0) is 49.9 Å². The van der Waals surface area contributed by atoms with Crippen LogP contribution >= 0.6 is 0 Å². The maximum Gasteiger partial charge on any atom is 0.254 e. The molecule has 146 valence electrons. The van der Waals surface area contributed by atoms with E-state index in [0.717, 1.165) is 24.0 Å². The largest absolute Gasteiger partial charge is 0.371 e. The Hall–Kier alpha value is -2.73. The Morgan fingerprint density at radius 1 is 1.25 bits per heavy atom. The summed E-state index contributed by atoms with van der Waals surface area (Å²) in [7, 11) is 0. The Bertz CT molecular complexity index is 852. The van der Waals surface area contributed by atoms with Gasteiger partial charge in [-0.2, -0.15) is 0 Å². The summed E-state index contributed by atoms with van der Waals surface area (Å²) in [5.41, 5.74) is 2.19. The molecule has 1 aromatic carbocycles. The highest BCUT2D eigenvalue weighted by Gasteiger charge is 2.48. The molecular weight excluding hydrogens is 354 g/mol. The third kappa shape index (κ3) is 3.92. The number of amides is 2. The summed E-state index contributed by atoms with van der Waals surface area (Å²) in [6, 6.07) is 11.2. The highest BCUT2D eigenvalue weighted by atomic mass is 16.5. The molecule has 2 fully saturated rings. The van der Waals surface area contributed by atoms with E-state index in [1.807, 2.05) is 36.1 Å². The predicted molar refractivity (Wildman–Crippen MR) is 105 cm³/mol. The number of aryl methyl sites for hydroxylation is 1. The van der Waals surface area contributed by atoms with E-state index in [9.17, 15) is 9.59 Å². The van der Waals surface area contributed by atoms with Gasteiger partial charge in [-0.1, -0.05) is 17.7 Å². The number of pyridine rings is 1. The Labute approximate surface area is 164 Å². The molecule has 0 unspecified atom stereocenters. The van der Waals surface area contributed by atoms with Gasteiger partial charge in [-0.25, -0.2) is 0 Å². The topological polar surface area (TPSA) is 71.5 Å². The molecule has 2 aromatic rings. The van der Waals surface area contributed by atoms with Gasteiger partial charge in [0, 0.05) is 24.5 Å². The molecule has 4 rings (SSSR count). The number of hydrogen-bond acceptors (Lipinski definition) is 4. The lowest BCUT2D eigenvalue weighted by Crippen LogP contribution is -2.66. The second kappa shape index (κ2) is 7.72. The molecule has 3 heterocycles. The summed E-state index contributed by atoms with van der Waals surface area (Å²) >= 11 is 0. The molecule has 1 spiro atoms. The molecule has 2 saturated heterocycles. The Morgan fingerprint density at radius 2 is 2.07 bits per heavy atom. The average Bonchev–Trinajstić information content (AvgIpc) is 2.71. The number of hydrogen-bond donors (Lipinski definition) is 1. The molecule has 2 aliphatic heterocycles. The smallest absolute Gasteiger partial charge is 0.254 e. The van der Waals surface area contributed by atoms with Gasteiger partial charge in [-0.15, -0.1) is 0 Å². The van der Waals surface area contributed by atoms with E-state index < -0.39 is 0 Å². The summed E-state index contributed by atoms with van der Waals surface area (Å²) in [6.45, 7) is 4.49. The van der Waals surface area contributed by atoms with Crippen LogP contribution in [0.15, 0.2) is 48.8 Å². The van der Waals surface area contributed by atoms with E-state index >= 15 is 0 Å². The summed E-state index contributed by atoms with van der Waals surface area (Å²) in [5.74, 6) is 0.267. The average molecular weight is 379 g/mol. The van der Waals surface area contributed by atoms with Crippen LogP contribution in [0.25, 0.3) is 0 Å². The Morgan fingerprint density at radius 3 is 2.75 bits per heavy atom. The quantitative estimate of drug-likeness (QED) is 0.886. The fourth-order valence-corrected chi connectivity index (χ4v) is 3.92. The first-order valence-corrected chi connectivity index (χ1v) is 9.73. The van der Waals surface area contributed by atoms with Gasteiger partial charge in [-0.3, -0.25) is 14.6 Å². The molecule has 1 aromatic heterocycles. The molecule has 6 nitrogen and oxygen atoms in total. The van der Waals surface area contributed by atoms with Gasteiger partial charge in [0.25, 0.3) is 11.8 Å². The van der Waals surface area contributed by atoms with Crippen molar-refractivity contribution in [1.29, 1.82) is 0 Å². The minimum atomic E-state index is -0.205. The van der Waals surface area contributed by atoms with Crippen molar-refractivity contribution in [2.75, 3.05) is 26.2 Å². The molecule has 28 heavy (non-hydrogen) atoms. The maximum atomic E-state index is 12.6. The van der Waals surface area contributed by atoms with Crippen molar-refractivity contribution in [3.63, 3.8) is 0 Å². The van der Waals surface area contributed by atoms with E-state index in [4.69, 9.17) is 4.74 Å². The van der Waals surface area contributed by atoms with E-state index in [-0.39, 0.29) is 17.4 Å². The molecule has 1 N–H and O–H groups in total. The number of ether oxygens (including phenoxy) is 1. The van der Waals surface area contributed by atoms with Crippen molar-refractivity contribution < 1.29 is 14.3 Å². The molecule has 0 aliphatic carbocycles. The molecular formula is C22H25N3O3. The normalized spacial score (nSPS) is 20.5. The van der Waals surface area contributed by atoms with Crippen molar-refractivity contribution in [2.45, 2.75) is 25.4 Å². The first-order chi connectivity index (χ1) is 13.5. The predicted octanol–water partition coefficient (Wildman–Crippen LogP) is 2.44. The van der Waals surface area contributed by atoms with Gasteiger partial charge < -0.3 is 15.0 Å². The van der Waals surface area contributed by atoms with Crippen LogP contribution in [-0.2, 0) is 4.74 Å². The second-order valence-electron chi connectivity index (χ2n) is 7.88. The van der Waals surface area contributed by atoms with E-state index in [2.05, 4.69) is 10.3 Å². The maximum absolute atomic E-state index is 12.6. The lowest BCUT2D eigenvalue weighted by atomic mass is 9.82. The fourth-order valence-electron chi connectivity index (χ4n) is 3.92. The molecule has 1 atom stereocenters. The number of carbonyl (C=O) groups excluding carboxylic acids is 2. The Kier molecular flexibility index (Phi) is 5.13. The number of aromatic nitrogens is 1. The van der Waals surface area contributed by atoms with Crippen LogP contribution in [0.5, 0.6) is 0 Å². The van der Waals surface area contributed by atoms with Crippen molar-refractivity contribution >= 4 is 11.8 Å². The van der Waals surface area contributed by atoms with E-state index in [1.54, 1.807) is 24.5 Å². The van der Waals surface area contributed by atoms with Gasteiger partial charge in [0.15, 0.2) is 0 Å². The van der Waals surface area contributed by atoms with Gasteiger partial charge in [0.2, 0.25) is 0 Å². The first kappa shape index (κ1) is 18.6. The van der Waals surface area contributed by atoms with Crippen LogP contribution in [-0.4, -0.2) is 53.5 Å². The minimum Gasteiger partial charge on any atom is -0.371 e. The van der Waals surface area contributed by atoms with Crippen LogP contribution in [0.3, 0.4) is 0 Å². The summed E-state index contributed by atoms with van der Waals surface area (Å²) in [6.07, 6.45) is 5.12. The van der Waals surface area contributed by atoms with Crippen LogP contribution in [0.4, 0.5) is 0 Å².